The lowest BCUT2D eigenvalue weighted by molar-refractivity contribution is 0.415. The first kappa shape index (κ1) is 10.9. The summed E-state index contributed by atoms with van der Waals surface area (Å²) in [6, 6.07) is 8.14. The molecule has 19 heavy (non-hydrogen) atoms. The molecule has 4 heterocycles. The van der Waals surface area contributed by atoms with Gasteiger partial charge in [-0.3, -0.25) is 5.10 Å². The van der Waals surface area contributed by atoms with Crippen LogP contribution in [-0.2, 0) is 0 Å². The monoisotopic (exact) mass is 255 g/mol. The molecule has 1 fully saturated rings. The van der Waals surface area contributed by atoms with Crippen LogP contribution in [0.15, 0.2) is 24.3 Å². The van der Waals surface area contributed by atoms with Crippen molar-refractivity contribution in [2.45, 2.75) is 18.8 Å². The van der Waals surface area contributed by atoms with Crippen LogP contribution in [0.4, 0.5) is 5.69 Å². The van der Waals surface area contributed by atoms with Crippen LogP contribution in [0.25, 0.3) is 11.3 Å². The Morgan fingerprint density at radius 1 is 1.32 bits per heavy atom. The standard InChI is InChI=1S/C15H17N3O/c1-19-12-4-2-3-11(9-12)14-15-13(16-17-14)10-5-7-18(15)8-6-10/h2-4,9-10H,5-8H2,1H3,(H,16,17). The summed E-state index contributed by atoms with van der Waals surface area (Å²) in [5.74, 6) is 1.55. The van der Waals surface area contributed by atoms with Gasteiger partial charge in [0.15, 0.2) is 0 Å². The molecular weight excluding hydrogens is 238 g/mol. The highest BCUT2D eigenvalue weighted by Gasteiger charge is 2.35. The number of aromatic amines is 1. The minimum absolute atomic E-state index is 0.673. The van der Waals surface area contributed by atoms with Gasteiger partial charge >= 0.3 is 0 Å². The van der Waals surface area contributed by atoms with Gasteiger partial charge in [0.2, 0.25) is 0 Å². The van der Waals surface area contributed by atoms with Gasteiger partial charge in [-0.25, -0.2) is 0 Å². The summed E-state index contributed by atoms with van der Waals surface area (Å²) in [5.41, 5.74) is 4.84. The number of methoxy groups -OCH3 is 1. The van der Waals surface area contributed by atoms with E-state index in [0.717, 1.165) is 30.1 Å². The molecule has 98 valence electrons. The Bertz CT molecular complexity index is 612. The molecule has 3 aliphatic rings. The van der Waals surface area contributed by atoms with Crippen molar-refractivity contribution in [1.29, 1.82) is 0 Å². The average molecular weight is 255 g/mol. The number of rotatable bonds is 2. The number of benzene rings is 1. The number of anilines is 1. The quantitative estimate of drug-likeness (QED) is 0.897. The third kappa shape index (κ3) is 1.56. The predicted molar refractivity (Wildman–Crippen MR) is 74.8 cm³/mol. The molecule has 1 aromatic heterocycles. The second kappa shape index (κ2) is 4.02. The van der Waals surface area contributed by atoms with Gasteiger partial charge < -0.3 is 9.64 Å². The zero-order chi connectivity index (χ0) is 12.8. The molecule has 0 spiro atoms. The van der Waals surface area contributed by atoms with E-state index in [-0.39, 0.29) is 0 Å². The van der Waals surface area contributed by atoms with E-state index in [1.807, 2.05) is 12.1 Å². The minimum atomic E-state index is 0.673. The van der Waals surface area contributed by atoms with Crippen molar-refractivity contribution >= 4 is 5.69 Å². The smallest absolute Gasteiger partial charge is 0.119 e. The Labute approximate surface area is 112 Å². The maximum Gasteiger partial charge on any atom is 0.119 e. The molecule has 1 N–H and O–H groups in total. The van der Waals surface area contributed by atoms with E-state index in [0.29, 0.717) is 5.92 Å². The number of fused-ring (bicyclic) bond motifs is 2. The second-order valence-corrected chi connectivity index (χ2v) is 5.33. The maximum atomic E-state index is 5.31. The number of H-pyrrole nitrogens is 1. The average Bonchev–Trinajstić information content (AvgIpc) is 2.95. The van der Waals surface area contributed by atoms with Crippen LogP contribution in [0.3, 0.4) is 0 Å². The molecular formula is C15H17N3O. The van der Waals surface area contributed by atoms with Gasteiger partial charge in [0.1, 0.15) is 11.4 Å². The first-order valence-corrected chi connectivity index (χ1v) is 6.84. The van der Waals surface area contributed by atoms with E-state index in [1.165, 1.54) is 24.2 Å². The van der Waals surface area contributed by atoms with Gasteiger partial charge in [0.05, 0.1) is 18.5 Å². The highest BCUT2D eigenvalue weighted by atomic mass is 16.5. The minimum Gasteiger partial charge on any atom is -0.497 e. The summed E-state index contributed by atoms with van der Waals surface area (Å²) in [6.45, 7) is 2.32. The summed E-state index contributed by atoms with van der Waals surface area (Å²) in [5, 5.41) is 7.82. The van der Waals surface area contributed by atoms with Crippen LogP contribution in [-0.4, -0.2) is 30.4 Å². The SMILES string of the molecule is COc1cccc(-c2n[nH]c3c2N2CCC3CC2)c1. The topological polar surface area (TPSA) is 41.1 Å². The van der Waals surface area contributed by atoms with E-state index in [4.69, 9.17) is 4.74 Å². The third-order valence-electron chi connectivity index (χ3n) is 4.33. The first-order valence-electron chi connectivity index (χ1n) is 6.84. The van der Waals surface area contributed by atoms with Crippen molar-refractivity contribution in [1.82, 2.24) is 10.2 Å². The summed E-state index contributed by atoms with van der Waals surface area (Å²) in [4.78, 5) is 2.47. The largest absolute Gasteiger partial charge is 0.497 e. The van der Waals surface area contributed by atoms with Crippen LogP contribution in [0.5, 0.6) is 5.75 Å². The summed E-state index contributed by atoms with van der Waals surface area (Å²) >= 11 is 0. The predicted octanol–water partition coefficient (Wildman–Crippen LogP) is 2.78. The highest BCUT2D eigenvalue weighted by Crippen LogP contribution is 2.45. The Hall–Kier alpha value is -1.97. The van der Waals surface area contributed by atoms with E-state index in [2.05, 4.69) is 27.2 Å². The maximum absolute atomic E-state index is 5.31. The molecule has 4 nitrogen and oxygen atoms in total. The van der Waals surface area contributed by atoms with Gasteiger partial charge in [-0.2, -0.15) is 5.10 Å². The molecule has 0 amide bonds. The van der Waals surface area contributed by atoms with Crippen LogP contribution in [0.2, 0.25) is 0 Å². The number of aromatic nitrogens is 2. The molecule has 5 rings (SSSR count). The molecule has 1 saturated heterocycles. The normalized spacial score (nSPS) is 17.6. The van der Waals surface area contributed by atoms with E-state index < -0.39 is 0 Å². The number of hydrogen-bond acceptors (Lipinski definition) is 3. The molecule has 2 bridgehead atoms. The van der Waals surface area contributed by atoms with E-state index in [9.17, 15) is 0 Å². The Morgan fingerprint density at radius 2 is 2.16 bits per heavy atom. The number of hydrogen-bond donors (Lipinski definition) is 1. The lowest BCUT2D eigenvalue weighted by Gasteiger charge is -2.40. The molecule has 3 aliphatic heterocycles. The van der Waals surface area contributed by atoms with Crippen LogP contribution in [0, 0.1) is 0 Å². The van der Waals surface area contributed by atoms with Crippen LogP contribution >= 0.6 is 0 Å². The molecule has 0 saturated carbocycles. The van der Waals surface area contributed by atoms with Gasteiger partial charge in [0.25, 0.3) is 0 Å². The van der Waals surface area contributed by atoms with Crippen LogP contribution in [0.1, 0.15) is 24.5 Å². The lowest BCUT2D eigenvalue weighted by Crippen LogP contribution is -2.38. The first-order chi connectivity index (χ1) is 9.36. The lowest BCUT2D eigenvalue weighted by atomic mass is 9.86. The fourth-order valence-electron chi connectivity index (χ4n) is 3.32. The van der Waals surface area contributed by atoms with Crippen molar-refractivity contribution in [2.24, 2.45) is 0 Å². The number of piperidine rings is 1. The van der Waals surface area contributed by atoms with E-state index in [1.54, 1.807) is 7.11 Å². The number of nitrogens with one attached hydrogen (secondary N) is 1. The van der Waals surface area contributed by atoms with Gasteiger partial charge in [0, 0.05) is 24.6 Å². The fourth-order valence-corrected chi connectivity index (χ4v) is 3.32. The van der Waals surface area contributed by atoms with E-state index >= 15 is 0 Å². The van der Waals surface area contributed by atoms with Crippen molar-refractivity contribution in [3.8, 4) is 17.0 Å². The molecule has 0 atom stereocenters. The van der Waals surface area contributed by atoms with Gasteiger partial charge in [-0.05, 0) is 25.0 Å². The summed E-state index contributed by atoms with van der Waals surface area (Å²) in [7, 11) is 1.70. The summed E-state index contributed by atoms with van der Waals surface area (Å²) < 4.78 is 5.31. The molecule has 4 heteroatoms. The molecule has 0 aliphatic carbocycles. The van der Waals surface area contributed by atoms with Crippen LogP contribution < -0.4 is 9.64 Å². The Balaban J connectivity index is 1.84. The third-order valence-corrected chi connectivity index (χ3v) is 4.33. The Kier molecular flexibility index (Phi) is 2.31. The zero-order valence-corrected chi connectivity index (χ0v) is 11.0. The second-order valence-electron chi connectivity index (χ2n) is 5.33. The zero-order valence-electron chi connectivity index (χ0n) is 11.0. The molecule has 2 aromatic rings. The fraction of sp³-hybridized carbons (Fsp3) is 0.400. The molecule has 0 unspecified atom stereocenters. The number of ether oxygens (including phenoxy) is 1. The van der Waals surface area contributed by atoms with Crippen molar-refractivity contribution in [3.05, 3.63) is 30.0 Å². The van der Waals surface area contributed by atoms with Gasteiger partial charge in [-0.15, -0.1) is 0 Å². The molecule has 1 aromatic carbocycles. The van der Waals surface area contributed by atoms with Gasteiger partial charge in [-0.1, -0.05) is 12.1 Å². The Morgan fingerprint density at radius 3 is 2.95 bits per heavy atom. The highest BCUT2D eigenvalue weighted by molar-refractivity contribution is 5.79. The van der Waals surface area contributed by atoms with Crippen molar-refractivity contribution in [3.63, 3.8) is 0 Å². The van der Waals surface area contributed by atoms with Crippen molar-refractivity contribution < 1.29 is 4.74 Å². The summed E-state index contributed by atoms with van der Waals surface area (Å²) in [6.07, 6.45) is 2.51. The number of nitrogens with zero attached hydrogens (tertiary/aromatic N) is 2. The van der Waals surface area contributed by atoms with Crippen molar-refractivity contribution in [2.75, 3.05) is 25.1 Å². The molecule has 0 radical (unpaired) electrons.